The van der Waals surface area contributed by atoms with Crippen LogP contribution in [-0.2, 0) is 4.79 Å². The van der Waals surface area contributed by atoms with Gasteiger partial charge in [-0.2, -0.15) is 0 Å². The normalized spacial score (nSPS) is 12.1. The average molecular weight is 347 g/mol. The zero-order valence-electron chi connectivity index (χ0n) is 11.1. The average Bonchev–Trinajstić information content (AvgIpc) is 2.33. The van der Waals surface area contributed by atoms with Gasteiger partial charge >= 0.3 is 12.0 Å². The molecule has 1 atom stereocenters. The van der Waals surface area contributed by atoms with Crippen molar-refractivity contribution in [2.24, 2.45) is 11.8 Å². The van der Waals surface area contributed by atoms with Crippen molar-refractivity contribution in [1.29, 1.82) is 0 Å². The fourth-order valence-corrected chi connectivity index (χ4v) is 1.92. The number of anilines is 1. The molecule has 0 aromatic heterocycles. The van der Waals surface area contributed by atoms with Crippen molar-refractivity contribution in [2.45, 2.75) is 13.8 Å². The van der Waals surface area contributed by atoms with Gasteiger partial charge < -0.3 is 15.7 Å². The summed E-state index contributed by atoms with van der Waals surface area (Å²) in [5.41, 5.74) is 0.277. The minimum atomic E-state index is -0.966. The van der Waals surface area contributed by atoms with Crippen molar-refractivity contribution in [1.82, 2.24) is 5.32 Å². The molecule has 0 spiro atoms. The number of carboxylic acid groups (broad SMARTS) is 1. The van der Waals surface area contributed by atoms with E-state index in [-0.39, 0.29) is 18.2 Å². The molecule has 20 heavy (non-hydrogen) atoms. The monoisotopic (exact) mass is 346 g/mol. The van der Waals surface area contributed by atoms with E-state index in [0.29, 0.717) is 4.47 Å². The van der Waals surface area contributed by atoms with Gasteiger partial charge in [0.2, 0.25) is 0 Å². The zero-order valence-corrected chi connectivity index (χ0v) is 12.7. The standard InChI is InChI=1S/C13H16BrFN2O3/c1-7(2)9(12(18)19)6-16-13(20)17-11-5-8(15)3-4-10(11)14/h3-5,7,9H,6H2,1-2H3,(H,18,19)(H2,16,17,20). The molecule has 0 radical (unpaired) electrons. The Kier molecular flexibility index (Phi) is 5.94. The van der Waals surface area contributed by atoms with Gasteiger partial charge in [0.05, 0.1) is 11.6 Å². The Bertz CT molecular complexity index is 508. The fourth-order valence-electron chi connectivity index (χ4n) is 1.57. The zero-order chi connectivity index (χ0) is 15.3. The number of nitrogens with one attached hydrogen (secondary N) is 2. The second-order valence-electron chi connectivity index (χ2n) is 4.65. The molecule has 3 N–H and O–H groups in total. The van der Waals surface area contributed by atoms with E-state index in [2.05, 4.69) is 26.6 Å². The van der Waals surface area contributed by atoms with Crippen molar-refractivity contribution in [3.8, 4) is 0 Å². The highest BCUT2D eigenvalue weighted by Crippen LogP contribution is 2.22. The van der Waals surface area contributed by atoms with Crippen LogP contribution in [0.1, 0.15) is 13.8 Å². The summed E-state index contributed by atoms with van der Waals surface area (Å²) in [6, 6.07) is 3.31. The molecule has 1 unspecified atom stereocenters. The lowest BCUT2D eigenvalue weighted by atomic mass is 9.96. The van der Waals surface area contributed by atoms with Crippen LogP contribution in [0.3, 0.4) is 0 Å². The Labute approximate surface area is 124 Å². The predicted molar refractivity (Wildman–Crippen MR) is 77.1 cm³/mol. The van der Waals surface area contributed by atoms with Gasteiger partial charge in [-0.05, 0) is 40.0 Å². The van der Waals surface area contributed by atoms with Crippen LogP contribution in [0.2, 0.25) is 0 Å². The van der Waals surface area contributed by atoms with Crippen molar-refractivity contribution in [3.63, 3.8) is 0 Å². The first-order valence-electron chi connectivity index (χ1n) is 6.04. The third kappa shape index (κ3) is 4.80. The fraction of sp³-hybridized carbons (Fsp3) is 0.385. The molecule has 110 valence electrons. The number of carbonyl (C=O) groups is 2. The molecule has 0 fully saturated rings. The first-order valence-corrected chi connectivity index (χ1v) is 6.83. The molecule has 0 heterocycles. The van der Waals surface area contributed by atoms with Crippen molar-refractivity contribution in [2.75, 3.05) is 11.9 Å². The minimum absolute atomic E-state index is 0.00572. The number of hydrogen-bond acceptors (Lipinski definition) is 2. The maximum Gasteiger partial charge on any atom is 0.319 e. The number of aliphatic carboxylic acids is 1. The van der Waals surface area contributed by atoms with Gasteiger partial charge in [0.15, 0.2) is 0 Å². The molecule has 0 saturated carbocycles. The van der Waals surface area contributed by atoms with Gasteiger partial charge in [-0.3, -0.25) is 4.79 Å². The smallest absolute Gasteiger partial charge is 0.319 e. The Morgan fingerprint density at radius 2 is 2.05 bits per heavy atom. The molecule has 7 heteroatoms. The summed E-state index contributed by atoms with van der Waals surface area (Å²) in [7, 11) is 0. The summed E-state index contributed by atoms with van der Waals surface area (Å²) >= 11 is 3.18. The molecular formula is C13H16BrFN2O3. The van der Waals surface area contributed by atoms with Crippen LogP contribution in [0.25, 0.3) is 0 Å². The molecule has 1 rings (SSSR count). The van der Waals surface area contributed by atoms with E-state index in [1.54, 1.807) is 13.8 Å². The van der Waals surface area contributed by atoms with Crippen molar-refractivity contribution < 1.29 is 19.1 Å². The number of halogens is 2. The van der Waals surface area contributed by atoms with Crippen LogP contribution in [-0.4, -0.2) is 23.7 Å². The van der Waals surface area contributed by atoms with Crippen LogP contribution in [0, 0.1) is 17.7 Å². The van der Waals surface area contributed by atoms with E-state index < -0.39 is 23.7 Å². The molecular weight excluding hydrogens is 331 g/mol. The molecule has 0 bridgehead atoms. The predicted octanol–water partition coefficient (Wildman–Crippen LogP) is 3.07. The largest absolute Gasteiger partial charge is 0.481 e. The molecule has 5 nitrogen and oxygen atoms in total. The summed E-state index contributed by atoms with van der Waals surface area (Å²) < 4.78 is 13.6. The number of rotatable bonds is 5. The summed E-state index contributed by atoms with van der Waals surface area (Å²) in [5.74, 6) is -2.22. The number of urea groups is 1. The lowest BCUT2D eigenvalue weighted by molar-refractivity contribution is -0.142. The molecule has 0 saturated heterocycles. The van der Waals surface area contributed by atoms with Crippen LogP contribution in [0.15, 0.2) is 22.7 Å². The lowest BCUT2D eigenvalue weighted by Crippen LogP contribution is -2.37. The van der Waals surface area contributed by atoms with Crippen LogP contribution in [0.5, 0.6) is 0 Å². The number of carbonyl (C=O) groups excluding carboxylic acids is 1. The molecule has 0 aliphatic heterocycles. The third-order valence-electron chi connectivity index (χ3n) is 2.78. The van der Waals surface area contributed by atoms with E-state index in [1.807, 2.05) is 0 Å². The summed E-state index contributed by atoms with van der Waals surface area (Å²) in [6.45, 7) is 3.54. The summed E-state index contributed by atoms with van der Waals surface area (Å²) in [5, 5.41) is 13.9. The Hall–Kier alpha value is -1.63. The van der Waals surface area contributed by atoms with E-state index in [0.717, 1.165) is 0 Å². The SMILES string of the molecule is CC(C)C(CNC(=O)Nc1cc(F)ccc1Br)C(=O)O. The van der Waals surface area contributed by atoms with E-state index >= 15 is 0 Å². The minimum Gasteiger partial charge on any atom is -0.481 e. The van der Waals surface area contributed by atoms with Crippen molar-refractivity contribution in [3.05, 3.63) is 28.5 Å². The summed E-state index contributed by atoms with van der Waals surface area (Å²) in [4.78, 5) is 22.6. The molecule has 1 aromatic rings. The topological polar surface area (TPSA) is 78.4 Å². The summed E-state index contributed by atoms with van der Waals surface area (Å²) in [6.07, 6.45) is 0. The first-order chi connectivity index (χ1) is 9.31. The second-order valence-corrected chi connectivity index (χ2v) is 5.50. The quantitative estimate of drug-likeness (QED) is 0.766. The molecule has 1 aromatic carbocycles. The Morgan fingerprint density at radius 1 is 1.40 bits per heavy atom. The highest BCUT2D eigenvalue weighted by Gasteiger charge is 2.22. The molecule has 0 aliphatic rings. The number of carboxylic acids is 1. The van der Waals surface area contributed by atoms with Gasteiger partial charge in [0.25, 0.3) is 0 Å². The number of amides is 2. The first kappa shape index (κ1) is 16.4. The molecule has 2 amide bonds. The highest BCUT2D eigenvalue weighted by atomic mass is 79.9. The number of benzene rings is 1. The van der Waals surface area contributed by atoms with Gasteiger partial charge in [0.1, 0.15) is 5.82 Å². The van der Waals surface area contributed by atoms with E-state index in [9.17, 15) is 14.0 Å². The van der Waals surface area contributed by atoms with Gasteiger partial charge in [0, 0.05) is 11.0 Å². The van der Waals surface area contributed by atoms with Crippen LogP contribution < -0.4 is 10.6 Å². The maximum absolute atomic E-state index is 13.1. The Balaban J connectivity index is 2.60. The van der Waals surface area contributed by atoms with Crippen molar-refractivity contribution >= 4 is 33.6 Å². The van der Waals surface area contributed by atoms with Gasteiger partial charge in [-0.15, -0.1) is 0 Å². The van der Waals surface area contributed by atoms with Gasteiger partial charge in [-0.25, -0.2) is 9.18 Å². The lowest BCUT2D eigenvalue weighted by Gasteiger charge is -2.17. The van der Waals surface area contributed by atoms with Gasteiger partial charge in [-0.1, -0.05) is 13.8 Å². The molecule has 0 aliphatic carbocycles. The maximum atomic E-state index is 13.1. The van der Waals surface area contributed by atoms with E-state index in [1.165, 1.54) is 18.2 Å². The van der Waals surface area contributed by atoms with Crippen LogP contribution in [0.4, 0.5) is 14.9 Å². The second kappa shape index (κ2) is 7.23. The third-order valence-corrected chi connectivity index (χ3v) is 3.47. The number of hydrogen-bond donors (Lipinski definition) is 3. The van der Waals surface area contributed by atoms with E-state index in [4.69, 9.17) is 5.11 Å². The Morgan fingerprint density at radius 3 is 2.60 bits per heavy atom. The van der Waals surface area contributed by atoms with Crippen LogP contribution >= 0.6 is 15.9 Å². The highest BCUT2D eigenvalue weighted by molar-refractivity contribution is 9.10.